The lowest BCUT2D eigenvalue weighted by Gasteiger charge is -2.38. The predicted molar refractivity (Wildman–Crippen MR) is 94.7 cm³/mol. The van der Waals surface area contributed by atoms with Crippen molar-refractivity contribution in [2.24, 2.45) is 0 Å². The van der Waals surface area contributed by atoms with Crippen molar-refractivity contribution in [1.82, 2.24) is 0 Å². The standard InChI is InChI=1S/C17H16BrCl2N/c1-10-4-2-3-5-14(10)11-6-13(7-11)21-17-15(19)8-12(18)9-16(17)20/h2-5,8-9,11,13,21H,6-7H2,1H3. The fourth-order valence-corrected chi connectivity index (χ4v) is 4.24. The second-order valence-corrected chi connectivity index (χ2v) is 7.34. The zero-order valence-electron chi connectivity index (χ0n) is 11.7. The molecule has 0 amide bonds. The Morgan fingerprint density at radius 3 is 2.33 bits per heavy atom. The van der Waals surface area contributed by atoms with E-state index in [1.807, 2.05) is 12.1 Å². The first-order valence-electron chi connectivity index (χ1n) is 7.01. The van der Waals surface area contributed by atoms with E-state index in [-0.39, 0.29) is 0 Å². The molecule has 0 unspecified atom stereocenters. The third kappa shape index (κ3) is 3.23. The average Bonchev–Trinajstić information content (AvgIpc) is 2.37. The molecule has 1 fully saturated rings. The number of hydrogen-bond donors (Lipinski definition) is 1. The number of hydrogen-bond acceptors (Lipinski definition) is 1. The highest BCUT2D eigenvalue weighted by Gasteiger charge is 2.31. The van der Waals surface area contributed by atoms with Crippen molar-refractivity contribution in [3.63, 3.8) is 0 Å². The van der Waals surface area contributed by atoms with Gasteiger partial charge in [-0.3, -0.25) is 0 Å². The zero-order chi connectivity index (χ0) is 15.0. The Bertz CT molecular complexity index is 643. The van der Waals surface area contributed by atoms with Crippen LogP contribution in [-0.4, -0.2) is 6.04 Å². The minimum atomic E-state index is 0.436. The molecule has 0 radical (unpaired) electrons. The monoisotopic (exact) mass is 383 g/mol. The molecule has 1 aliphatic carbocycles. The first-order valence-corrected chi connectivity index (χ1v) is 8.56. The van der Waals surface area contributed by atoms with Crippen LogP contribution in [0.5, 0.6) is 0 Å². The van der Waals surface area contributed by atoms with Gasteiger partial charge in [-0.15, -0.1) is 0 Å². The van der Waals surface area contributed by atoms with Crippen LogP contribution in [0.3, 0.4) is 0 Å². The second-order valence-electron chi connectivity index (χ2n) is 5.61. The van der Waals surface area contributed by atoms with E-state index < -0.39 is 0 Å². The smallest absolute Gasteiger partial charge is 0.0721 e. The molecule has 1 nitrogen and oxygen atoms in total. The molecular weight excluding hydrogens is 369 g/mol. The van der Waals surface area contributed by atoms with E-state index in [9.17, 15) is 0 Å². The van der Waals surface area contributed by atoms with E-state index in [4.69, 9.17) is 23.2 Å². The highest BCUT2D eigenvalue weighted by atomic mass is 79.9. The van der Waals surface area contributed by atoms with Crippen molar-refractivity contribution >= 4 is 44.8 Å². The molecule has 1 saturated carbocycles. The average molecular weight is 385 g/mol. The molecule has 0 heterocycles. The van der Waals surface area contributed by atoms with Crippen molar-refractivity contribution in [2.75, 3.05) is 5.32 Å². The summed E-state index contributed by atoms with van der Waals surface area (Å²) in [4.78, 5) is 0. The van der Waals surface area contributed by atoms with Gasteiger partial charge in [0.2, 0.25) is 0 Å². The van der Waals surface area contributed by atoms with E-state index in [1.165, 1.54) is 11.1 Å². The molecule has 1 aliphatic rings. The lowest BCUT2D eigenvalue weighted by atomic mass is 9.74. The molecule has 3 rings (SSSR count). The van der Waals surface area contributed by atoms with Gasteiger partial charge in [0.05, 0.1) is 15.7 Å². The fourth-order valence-electron chi connectivity index (χ4n) is 2.92. The Kier molecular flexibility index (Phi) is 4.49. The van der Waals surface area contributed by atoms with E-state index in [0.29, 0.717) is 22.0 Å². The van der Waals surface area contributed by atoms with E-state index >= 15 is 0 Å². The van der Waals surface area contributed by atoms with Crippen molar-refractivity contribution in [2.45, 2.75) is 31.7 Å². The highest BCUT2D eigenvalue weighted by molar-refractivity contribution is 9.10. The summed E-state index contributed by atoms with van der Waals surface area (Å²) in [6.45, 7) is 2.18. The molecule has 0 saturated heterocycles. The number of aryl methyl sites for hydroxylation is 1. The molecule has 0 bridgehead atoms. The first kappa shape index (κ1) is 15.2. The van der Waals surface area contributed by atoms with Crippen LogP contribution < -0.4 is 5.32 Å². The lowest BCUT2D eigenvalue weighted by Crippen LogP contribution is -2.34. The van der Waals surface area contributed by atoms with Crippen LogP contribution in [-0.2, 0) is 0 Å². The minimum Gasteiger partial charge on any atom is -0.380 e. The molecule has 2 aromatic carbocycles. The van der Waals surface area contributed by atoms with Crippen molar-refractivity contribution in [3.05, 3.63) is 62.0 Å². The molecule has 2 aromatic rings. The van der Waals surface area contributed by atoms with Crippen LogP contribution in [0.1, 0.15) is 29.9 Å². The second kappa shape index (κ2) is 6.20. The molecular formula is C17H16BrCl2N. The maximum absolute atomic E-state index is 6.26. The quantitative estimate of drug-likeness (QED) is 0.643. The maximum Gasteiger partial charge on any atom is 0.0721 e. The maximum atomic E-state index is 6.26. The van der Waals surface area contributed by atoms with Gasteiger partial charge < -0.3 is 5.32 Å². The van der Waals surface area contributed by atoms with Gasteiger partial charge in [0, 0.05) is 10.5 Å². The predicted octanol–water partition coefficient (Wildman–Crippen LogP) is 6.42. The third-order valence-corrected chi connectivity index (χ3v) is 5.18. The van der Waals surface area contributed by atoms with Crippen molar-refractivity contribution in [3.8, 4) is 0 Å². The summed E-state index contributed by atoms with van der Waals surface area (Å²) in [6.07, 6.45) is 2.24. The summed E-state index contributed by atoms with van der Waals surface area (Å²) >= 11 is 15.9. The van der Waals surface area contributed by atoms with Gasteiger partial charge in [0.15, 0.2) is 0 Å². The van der Waals surface area contributed by atoms with Crippen LogP contribution in [0.15, 0.2) is 40.9 Å². The summed E-state index contributed by atoms with van der Waals surface area (Å²) < 4.78 is 0.898. The minimum absolute atomic E-state index is 0.436. The van der Waals surface area contributed by atoms with E-state index in [0.717, 1.165) is 23.0 Å². The SMILES string of the molecule is Cc1ccccc1C1CC(Nc2c(Cl)cc(Br)cc2Cl)C1. The molecule has 0 aromatic heterocycles. The number of halogens is 3. The van der Waals surface area contributed by atoms with Gasteiger partial charge >= 0.3 is 0 Å². The van der Waals surface area contributed by atoms with Crippen LogP contribution in [0, 0.1) is 6.92 Å². The third-order valence-electron chi connectivity index (χ3n) is 4.12. The van der Waals surface area contributed by atoms with Gasteiger partial charge in [0.1, 0.15) is 0 Å². The normalized spacial score (nSPS) is 21.0. The van der Waals surface area contributed by atoms with Gasteiger partial charge in [-0.05, 0) is 48.9 Å². The molecule has 4 heteroatoms. The molecule has 0 atom stereocenters. The van der Waals surface area contributed by atoms with Gasteiger partial charge in [0.25, 0.3) is 0 Å². The van der Waals surface area contributed by atoms with E-state index in [2.05, 4.69) is 52.4 Å². The fraction of sp³-hybridized carbons (Fsp3) is 0.294. The molecule has 110 valence electrons. The first-order chi connectivity index (χ1) is 10.0. The number of rotatable bonds is 3. The van der Waals surface area contributed by atoms with Crippen molar-refractivity contribution < 1.29 is 0 Å². The highest BCUT2D eigenvalue weighted by Crippen LogP contribution is 2.42. The largest absolute Gasteiger partial charge is 0.380 e. The van der Waals surface area contributed by atoms with Gasteiger partial charge in [-0.2, -0.15) is 0 Å². The Morgan fingerprint density at radius 2 is 1.71 bits per heavy atom. The Balaban J connectivity index is 1.67. The molecule has 0 spiro atoms. The summed E-state index contributed by atoms with van der Waals surface area (Å²) in [7, 11) is 0. The summed E-state index contributed by atoms with van der Waals surface area (Å²) in [5.41, 5.74) is 3.68. The zero-order valence-corrected chi connectivity index (χ0v) is 14.8. The number of benzene rings is 2. The van der Waals surface area contributed by atoms with E-state index in [1.54, 1.807) is 0 Å². The van der Waals surface area contributed by atoms with Crippen molar-refractivity contribution in [1.29, 1.82) is 0 Å². The Morgan fingerprint density at radius 1 is 1.10 bits per heavy atom. The van der Waals surface area contributed by atoms with Crippen LogP contribution in [0.2, 0.25) is 10.0 Å². The molecule has 21 heavy (non-hydrogen) atoms. The number of nitrogens with one attached hydrogen (secondary N) is 1. The molecule has 0 aliphatic heterocycles. The Hall–Kier alpha value is -0.700. The lowest BCUT2D eigenvalue weighted by molar-refractivity contribution is 0.373. The summed E-state index contributed by atoms with van der Waals surface area (Å²) in [5.74, 6) is 0.636. The topological polar surface area (TPSA) is 12.0 Å². The Labute approximate surface area is 143 Å². The van der Waals surface area contributed by atoms with Crippen LogP contribution in [0.25, 0.3) is 0 Å². The van der Waals surface area contributed by atoms with Crippen LogP contribution >= 0.6 is 39.1 Å². The summed E-state index contributed by atoms with van der Waals surface area (Å²) in [6, 6.07) is 12.8. The number of anilines is 1. The summed E-state index contributed by atoms with van der Waals surface area (Å²) in [5, 5.41) is 4.80. The van der Waals surface area contributed by atoms with Crippen LogP contribution in [0.4, 0.5) is 5.69 Å². The molecule has 1 N–H and O–H groups in total. The van der Waals surface area contributed by atoms with Gasteiger partial charge in [-0.25, -0.2) is 0 Å². The van der Waals surface area contributed by atoms with Gasteiger partial charge in [-0.1, -0.05) is 63.4 Å².